The second-order valence-electron chi connectivity index (χ2n) is 7.17. The molecule has 5 heterocycles. The van der Waals surface area contributed by atoms with E-state index in [1.165, 1.54) is 11.5 Å². The summed E-state index contributed by atoms with van der Waals surface area (Å²) in [7, 11) is 0. The van der Waals surface area contributed by atoms with Gasteiger partial charge in [0.15, 0.2) is 5.65 Å². The van der Waals surface area contributed by atoms with Gasteiger partial charge < -0.3 is 10.2 Å². The molecule has 0 unspecified atom stereocenters. The third-order valence-corrected chi connectivity index (χ3v) is 5.94. The zero-order valence-corrected chi connectivity index (χ0v) is 17.1. The standard InChI is InChI=1S/C19H21N9S/c1-12-20-10-14(11-21-12)16-4-3-7-28-17(16)24-18(25-28)23-15-5-8-27(9-6-15)19-22-13(2)26-29-19/h3-4,7,10-11,15H,5-6,8-9H2,1-2H3,(H,23,25). The Kier molecular flexibility index (Phi) is 4.55. The van der Waals surface area contributed by atoms with Crippen molar-refractivity contribution in [3.63, 3.8) is 0 Å². The van der Waals surface area contributed by atoms with Crippen LogP contribution in [0.3, 0.4) is 0 Å². The Morgan fingerprint density at radius 3 is 2.59 bits per heavy atom. The Morgan fingerprint density at radius 2 is 1.86 bits per heavy atom. The number of hydrogen-bond acceptors (Lipinski definition) is 9. The lowest BCUT2D eigenvalue weighted by Gasteiger charge is -2.31. The van der Waals surface area contributed by atoms with E-state index in [1.54, 1.807) is 4.52 Å². The van der Waals surface area contributed by atoms with Crippen LogP contribution in [-0.4, -0.2) is 53.1 Å². The predicted octanol–water partition coefficient (Wildman–Crippen LogP) is 2.74. The van der Waals surface area contributed by atoms with Crippen LogP contribution in [0.4, 0.5) is 11.1 Å². The van der Waals surface area contributed by atoms with Crippen LogP contribution < -0.4 is 10.2 Å². The Morgan fingerprint density at radius 1 is 1.07 bits per heavy atom. The van der Waals surface area contributed by atoms with Crippen LogP contribution >= 0.6 is 11.5 Å². The van der Waals surface area contributed by atoms with Gasteiger partial charge in [-0.2, -0.15) is 9.36 Å². The Bertz CT molecular complexity index is 1130. The third-order valence-electron chi connectivity index (χ3n) is 5.07. The fourth-order valence-corrected chi connectivity index (χ4v) is 4.26. The molecular formula is C19H21N9S. The van der Waals surface area contributed by atoms with Gasteiger partial charge in [0.2, 0.25) is 11.1 Å². The zero-order valence-electron chi connectivity index (χ0n) is 16.3. The Balaban J connectivity index is 1.31. The second kappa shape index (κ2) is 7.36. The van der Waals surface area contributed by atoms with Gasteiger partial charge in [-0.15, -0.1) is 5.10 Å². The minimum Gasteiger partial charge on any atom is -0.350 e. The van der Waals surface area contributed by atoms with E-state index in [-0.39, 0.29) is 0 Å². The summed E-state index contributed by atoms with van der Waals surface area (Å²) in [5, 5.41) is 9.12. The predicted molar refractivity (Wildman–Crippen MR) is 112 cm³/mol. The van der Waals surface area contributed by atoms with Crippen LogP contribution in [-0.2, 0) is 0 Å². The van der Waals surface area contributed by atoms with Crippen molar-refractivity contribution in [1.29, 1.82) is 0 Å². The molecule has 0 atom stereocenters. The summed E-state index contributed by atoms with van der Waals surface area (Å²) in [6.07, 6.45) is 7.57. The number of pyridine rings is 1. The van der Waals surface area contributed by atoms with Gasteiger partial charge in [0.25, 0.3) is 0 Å². The van der Waals surface area contributed by atoms with Gasteiger partial charge in [0.05, 0.1) is 0 Å². The number of nitrogens with zero attached hydrogens (tertiary/aromatic N) is 8. The highest BCUT2D eigenvalue weighted by atomic mass is 32.1. The number of fused-ring (bicyclic) bond motifs is 1. The maximum Gasteiger partial charge on any atom is 0.243 e. The highest BCUT2D eigenvalue weighted by molar-refractivity contribution is 7.09. The molecular weight excluding hydrogens is 386 g/mol. The molecule has 0 aromatic carbocycles. The van der Waals surface area contributed by atoms with Crippen molar-refractivity contribution in [2.75, 3.05) is 23.3 Å². The van der Waals surface area contributed by atoms with Gasteiger partial charge in [-0.25, -0.2) is 19.5 Å². The summed E-state index contributed by atoms with van der Waals surface area (Å²) in [6.45, 7) is 5.71. The van der Waals surface area contributed by atoms with Crippen LogP contribution in [0.25, 0.3) is 16.8 Å². The Labute approximate surface area is 172 Å². The van der Waals surface area contributed by atoms with Gasteiger partial charge in [0.1, 0.15) is 11.6 Å². The molecule has 29 heavy (non-hydrogen) atoms. The van der Waals surface area contributed by atoms with E-state index < -0.39 is 0 Å². The van der Waals surface area contributed by atoms with Crippen molar-refractivity contribution in [2.24, 2.45) is 0 Å². The maximum atomic E-state index is 4.74. The summed E-state index contributed by atoms with van der Waals surface area (Å²) >= 11 is 1.47. The molecule has 10 heteroatoms. The first-order valence-electron chi connectivity index (χ1n) is 9.62. The first-order valence-corrected chi connectivity index (χ1v) is 10.4. The van der Waals surface area contributed by atoms with E-state index in [0.717, 1.165) is 59.5 Å². The topological polar surface area (TPSA) is 97.0 Å². The van der Waals surface area contributed by atoms with Crippen LogP contribution in [0.1, 0.15) is 24.5 Å². The van der Waals surface area contributed by atoms with Crippen molar-refractivity contribution in [1.82, 2.24) is 33.9 Å². The van der Waals surface area contributed by atoms with Gasteiger partial charge in [0, 0.05) is 60.4 Å². The molecule has 1 fully saturated rings. The largest absolute Gasteiger partial charge is 0.350 e. The molecule has 1 aliphatic heterocycles. The molecule has 1 aliphatic rings. The van der Waals surface area contributed by atoms with Crippen molar-refractivity contribution >= 4 is 28.3 Å². The number of anilines is 2. The lowest BCUT2D eigenvalue weighted by molar-refractivity contribution is 0.523. The van der Waals surface area contributed by atoms with Gasteiger partial charge in [-0.05, 0) is 38.8 Å². The summed E-state index contributed by atoms with van der Waals surface area (Å²) in [6, 6.07) is 4.32. The molecule has 1 saturated heterocycles. The van der Waals surface area contributed by atoms with Crippen molar-refractivity contribution in [3.8, 4) is 11.1 Å². The smallest absolute Gasteiger partial charge is 0.243 e. The minimum atomic E-state index is 0.337. The molecule has 4 aromatic heterocycles. The zero-order chi connectivity index (χ0) is 19.8. The lowest BCUT2D eigenvalue weighted by atomic mass is 10.1. The van der Waals surface area contributed by atoms with Crippen LogP contribution in [0, 0.1) is 13.8 Å². The van der Waals surface area contributed by atoms with E-state index in [9.17, 15) is 0 Å². The molecule has 0 bridgehead atoms. The van der Waals surface area contributed by atoms with E-state index in [2.05, 4.69) is 34.6 Å². The van der Waals surface area contributed by atoms with E-state index in [1.807, 2.05) is 44.6 Å². The summed E-state index contributed by atoms with van der Waals surface area (Å²) in [5.74, 6) is 2.24. The van der Waals surface area contributed by atoms with Crippen molar-refractivity contribution < 1.29 is 0 Å². The molecule has 0 spiro atoms. The van der Waals surface area contributed by atoms with Crippen LogP contribution in [0.2, 0.25) is 0 Å². The lowest BCUT2D eigenvalue weighted by Crippen LogP contribution is -2.39. The molecule has 5 rings (SSSR count). The summed E-state index contributed by atoms with van der Waals surface area (Å²) < 4.78 is 6.08. The maximum absolute atomic E-state index is 4.74. The first kappa shape index (κ1) is 17.9. The fourth-order valence-electron chi connectivity index (χ4n) is 3.54. The van der Waals surface area contributed by atoms with Crippen molar-refractivity contribution in [3.05, 3.63) is 42.4 Å². The molecule has 4 aromatic rings. The SMILES string of the molecule is Cc1ncc(-c2cccn3nc(NC4CCN(c5nc(C)ns5)CC4)nc23)cn1. The summed E-state index contributed by atoms with van der Waals surface area (Å²) in [4.78, 5) is 20.1. The molecule has 0 radical (unpaired) electrons. The molecule has 1 N–H and O–H groups in total. The highest BCUT2D eigenvalue weighted by Crippen LogP contribution is 2.25. The summed E-state index contributed by atoms with van der Waals surface area (Å²) in [5.41, 5.74) is 2.69. The minimum absolute atomic E-state index is 0.337. The first-order chi connectivity index (χ1) is 14.2. The van der Waals surface area contributed by atoms with E-state index >= 15 is 0 Å². The fraction of sp³-hybridized carbons (Fsp3) is 0.368. The average Bonchev–Trinajstić information content (AvgIpc) is 3.35. The Hall–Kier alpha value is -3.14. The highest BCUT2D eigenvalue weighted by Gasteiger charge is 2.22. The normalized spacial score (nSPS) is 15.2. The number of piperidine rings is 1. The molecule has 0 amide bonds. The van der Waals surface area contributed by atoms with E-state index in [4.69, 9.17) is 4.98 Å². The number of rotatable bonds is 4. The van der Waals surface area contributed by atoms with E-state index in [0.29, 0.717) is 12.0 Å². The number of hydrogen-bond donors (Lipinski definition) is 1. The molecule has 0 aliphatic carbocycles. The number of nitrogens with one attached hydrogen (secondary N) is 1. The molecule has 148 valence electrons. The molecule has 0 saturated carbocycles. The second-order valence-corrected chi connectivity index (χ2v) is 7.90. The molecule has 9 nitrogen and oxygen atoms in total. The van der Waals surface area contributed by atoms with Crippen LogP contribution in [0.15, 0.2) is 30.7 Å². The number of aryl methyl sites for hydroxylation is 2. The van der Waals surface area contributed by atoms with Crippen molar-refractivity contribution in [2.45, 2.75) is 32.7 Å². The van der Waals surface area contributed by atoms with Gasteiger partial charge in [-0.1, -0.05) is 0 Å². The van der Waals surface area contributed by atoms with Crippen LogP contribution in [0.5, 0.6) is 0 Å². The monoisotopic (exact) mass is 407 g/mol. The quantitative estimate of drug-likeness (QED) is 0.552. The van der Waals surface area contributed by atoms with Gasteiger partial charge >= 0.3 is 0 Å². The van der Waals surface area contributed by atoms with Gasteiger partial charge in [-0.3, -0.25) is 0 Å². The average molecular weight is 408 g/mol. The number of aromatic nitrogens is 7. The third kappa shape index (κ3) is 3.63.